The maximum atomic E-state index is 12.9. The third-order valence-corrected chi connectivity index (χ3v) is 6.73. The number of carbonyl (C=O) groups excluding carboxylic acids is 3. The maximum Gasteiger partial charge on any atom is 0.227 e. The molecule has 0 N–H and O–H groups in total. The summed E-state index contributed by atoms with van der Waals surface area (Å²) in [6.07, 6.45) is 7.94. The summed E-state index contributed by atoms with van der Waals surface area (Å²) in [4.78, 5) is 42.8. The number of amides is 3. The van der Waals surface area contributed by atoms with Crippen LogP contribution >= 0.6 is 0 Å². The summed E-state index contributed by atoms with van der Waals surface area (Å²) < 4.78 is 0. The quantitative estimate of drug-likeness (QED) is 0.713. The van der Waals surface area contributed by atoms with Crippen molar-refractivity contribution in [3.05, 3.63) is 12.7 Å². The van der Waals surface area contributed by atoms with Crippen molar-refractivity contribution < 1.29 is 14.4 Å². The molecule has 4 rings (SSSR count). The molecule has 6 nitrogen and oxygen atoms in total. The Kier molecular flexibility index (Phi) is 4.53. The Morgan fingerprint density at radius 3 is 2.54 bits per heavy atom. The molecule has 4 fully saturated rings. The number of rotatable bonds is 4. The molecular weight excluding hydrogens is 330 g/mol. The van der Waals surface area contributed by atoms with Gasteiger partial charge in [0.05, 0.1) is 5.92 Å². The number of hydrogen-bond acceptors (Lipinski definition) is 3. The van der Waals surface area contributed by atoms with Gasteiger partial charge < -0.3 is 14.7 Å². The standard InChI is InChI=1S/C20H29N3O3/c1-2-9-22-13-15(12-18(22)25)19(26)21-10-7-20(8-11-21)6-5-17(24)23(14-20)16-3-4-16/h2,15-16H,1,3-14H2/t15-/m1/s1. The summed E-state index contributed by atoms with van der Waals surface area (Å²) in [6, 6.07) is 0.486. The number of piperidine rings is 2. The second-order valence-electron chi connectivity index (χ2n) is 8.57. The van der Waals surface area contributed by atoms with Crippen LogP contribution in [0.5, 0.6) is 0 Å². The molecule has 0 radical (unpaired) electrons. The summed E-state index contributed by atoms with van der Waals surface area (Å²) in [5.74, 6) is 0.309. The molecule has 1 saturated carbocycles. The van der Waals surface area contributed by atoms with Gasteiger partial charge in [-0.1, -0.05) is 6.08 Å². The fourth-order valence-electron chi connectivity index (χ4n) is 4.90. The summed E-state index contributed by atoms with van der Waals surface area (Å²) in [5.41, 5.74) is 0.202. The topological polar surface area (TPSA) is 60.9 Å². The van der Waals surface area contributed by atoms with Crippen LogP contribution in [0.25, 0.3) is 0 Å². The van der Waals surface area contributed by atoms with E-state index in [9.17, 15) is 14.4 Å². The summed E-state index contributed by atoms with van der Waals surface area (Å²) in [5, 5.41) is 0. The Hall–Kier alpha value is -1.85. The molecule has 3 heterocycles. The van der Waals surface area contributed by atoms with Gasteiger partial charge in [0.1, 0.15) is 0 Å². The van der Waals surface area contributed by atoms with Gasteiger partial charge in [-0.05, 0) is 37.5 Å². The predicted octanol–water partition coefficient (Wildman–Crippen LogP) is 1.41. The van der Waals surface area contributed by atoms with Crippen molar-refractivity contribution >= 4 is 17.7 Å². The monoisotopic (exact) mass is 359 g/mol. The molecule has 26 heavy (non-hydrogen) atoms. The molecule has 3 saturated heterocycles. The van der Waals surface area contributed by atoms with Crippen LogP contribution in [-0.2, 0) is 14.4 Å². The van der Waals surface area contributed by atoms with Gasteiger partial charge in [-0.2, -0.15) is 0 Å². The molecule has 0 aromatic heterocycles. The molecular formula is C20H29N3O3. The fourth-order valence-corrected chi connectivity index (χ4v) is 4.90. The molecule has 1 aliphatic carbocycles. The lowest BCUT2D eigenvalue weighted by molar-refractivity contribution is -0.144. The Balaban J connectivity index is 1.33. The highest BCUT2D eigenvalue weighted by Crippen LogP contribution is 2.43. The third kappa shape index (κ3) is 3.26. The number of nitrogens with zero attached hydrogens (tertiary/aromatic N) is 3. The van der Waals surface area contributed by atoms with Gasteiger partial charge in [-0.25, -0.2) is 0 Å². The van der Waals surface area contributed by atoms with Crippen LogP contribution in [0.3, 0.4) is 0 Å². The zero-order valence-electron chi connectivity index (χ0n) is 15.5. The van der Waals surface area contributed by atoms with E-state index in [1.54, 1.807) is 11.0 Å². The first-order chi connectivity index (χ1) is 12.5. The van der Waals surface area contributed by atoms with Crippen molar-refractivity contribution in [3.8, 4) is 0 Å². The van der Waals surface area contributed by atoms with Gasteiger partial charge in [0.25, 0.3) is 0 Å². The normalized spacial score (nSPS) is 28.8. The van der Waals surface area contributed by atoms with E-state index < -0.39 is 0 Å². The van der Waals surface area contributed by atoms with Gasteiger partial charge in [0.2, 0.25) is 17.7 Å². The minimum atomic E-state index is -0.201. The zero-order valence-corrected chi connectivity index (χ0v) is 15.5. The van der Waals surface area contributed by atoms with Crippen LogP contribution in [0.1, 0.15) is 44.9 Å². The van der Waals surface area contributed by atoms with Gasteiger partial charge in [-0.15, -0.1) is 6.58 Å². The fraction of sp³-hybridized carbons (Fsp3) is 0.750. The number of likely N-dealkylation sites (tertiary alicyclic amines) is 3. The summed E-state index contributed by atoms with van der Waals surface area (Å²) >= 11 is 0. The summed E-state index contributed by atoms with van der Waals surface area (Å²) in [7, 11) is 0. The lowest BCUT2D eigenvalue weighted by Crippen LogP contribution is -2.53. The minimum absolute atomic E-state index is 0.0580. The SMILES string of the molecule is C=CCN1C[C@H](C(=O)N2CCC3(CCC(=O)N(C4CC4)C3)CC2)CC1=O. The lowest BCUT2D eigenvalue weighted by atomic mass is 9.72. The molecule has 3 amide bonds. The Morgan fingerprint density at radius 1 is 1.15 bits per heavy atom. The average molecular weight is 359 g/mol. The van der Waals surface area contributed by atoms with Crippen LogP contribution in [0.15, 0.2) is 12.7 Å². The summed E-state index contributed by atoms with van der Waals surface area (Å²) in [6.45, 7) is 7.13. The molecule has 1 atom stereocenters. The zero-order chi connectivity index (χ0) is 18.3. The molecule has 6 heteroatoms. The maximum absolute atomic E-state index is 12.9. The van der Waals surface area contributed by atoms with E-state index in [1.165, 1.54) is 0 Å². The Morgan fingerprint density at radius 2 is 1.88 bits per heavy atom. The van der Waals surface area contributed by atoms with Crippen LogP contribution in [-0.4, -0.2) is 71.2 Å². The number of hydrogen-bond donors (Lipinski definition) is 0. The average Bonchev–Trinajstić information content (AvgIpc) is 3.42. The van der Waals surface area contributed by atoms with Crippen molar-refractivity contribution in [1.82, 2.24) is 14.7 Å². The molecule has 0 unspecified atom stereocenters. The van der Waals surface area contributed by atoms with Crippen molar-refractivity contribution in [1.29, 1.82) is 0 Å². The van der Waals surface area contributed by atoms with Crippen molar-refractivity contribution in [2.24, 2.45) is 11.3 Å². The van der Waals surface area contributed by atoms with Crippen molar-refractivity contribution in [2.45, 2.75) is 51.0 Å². The second kappa shape index (κ2) is 6.71. The molecule has 0 bridgehead atoms. The largest absolute Gasteiger partial charge is 0.342 e. The highest BCUT2D eigenvalue weighted by molar-refractivity contribution is 5.89. The van der Waals surface area contributed by atoms with Gasteiger partial charge in [-0.3, -0.25) is 14.4 Å². The molecule has 142 valence electrons. The first kappa shape index (κ1) is 17.6. The third-order valence-electron chi connectivity index (χ3n) is 6.73. The predicted molar refractivity (Wildman–Crippen MR) is 97.1 cm³/mol. The first-order valence-corrected chi connectivity index (χ1v) is 9.98. The van der Waals surface area contributed by atoms with E-state index in [1.807, 2.05) is 4.90 Å². The van der Waals surface area contributed by atoms with E-state index in [2.05, 4.69) is 11.5 Å². The van der Waals surface area contributed by atoms with Gasteiger partial charge in [0, 0.05) is 51.6 Å². The highest BCUT2D eigenvalue weighted by Gasteiger charge is 2.46. The van der Waals surface area contributed by atoms with Gasteiger partial charge >= 0.3 is 0 Å². The van der Waals surface area contributed by atoms with E-state index in [0.29, 0.717) is 37.9 Å². The molecule has 4 aliphatic rings. The van der Waals surface area contributed by atoms with Crippen LogP contribution in [0.4, 0.5) is 0 Å². The lowest BCUT2D eigenvalue weighted by Gasteiger charge is -2.48. The Labute approximate surface area is 155 Å². The Bertz CT molecular complexity index is 620. The van der Waals surface area contributed by atoms with E-state index in [0.717, 1.165) is 51.7 Å². The molecule has 1 spiro atoms. The van der Waals surface area contributed by atoms with Crippen LogP contribution < -0.4 is 0 Å². The highest BCUT2D eigenvalue weighted by atomic mass is 16.2. The molecule has 0 aromatic rings. The van der Waals surface area contributed by atoms with E-state index in [-0.39, 0.29) is 23.1 Å². The smallest absolute Gasteiger partial charge is 0.227 e. The van der Waals surface area contributed by atoms with Crippen LogP contribution in [0, 0.1) is 11.3 Å². The minimum Gasteiger partial charge on any atom is -0.342 e. The second-order valence-corrected chi connectivity index (χ2v) is 8.57. The molecule has 0 aromatic carbocycles. The van der Waals surface area contributed by atoms with Crippen LogP contribution in [0.2, 0.25) is 0 Å². The number of carbonyl (C=O) groups is 3. The molecule has 3 aliphatic heterocycles. The van der Waals surface area contributed by atoms with E-state index >= 15 is 0 Å². The van der Waals surface area contributed by atoms with E-state index in [4.69, 9.17) is 0 Å². The first-order valence-electron chi connectivity index (χ1n) is 9.98. The van der Waals surface area contributed by atoms with Gasteiger partial charge in [0.15, 0.2) is 0 Å². The van der Waals surface area contributed by atoms with Crippen molar-refractivity contribution in [2.75, 3.05) is 32.7 Å². The van der Waals surface area contributed by atoms with Crippen molar-refractivity contribution in [3.63, 3.8) is 0 Å².